The number of hydrogen-bond donors (Lipinski definition) is 0. The molecule has 0 N–H and O–H groups in total. The van der Waals surface area contributed by atoms with Crippen molar-refractivity contribution in [2.24, 2.45) is 0 Å². The maximum atomic E-state index is 12.7. The molecule has 3 heterocycles. The van der Waals surface area contributed by atoms with Gasteiger partial charge in [0.1, 0.15) is 6.54 Å². The van der Waals surface area contributed by atoms with Gasteiger partial charge in [0.25, 0.3) is 11.1 Å². The first kappa shape index (κ1) is 20.9. The smallest absolute Gasteiger partial charge is 0.294 e. The van der Waals surface area contributed by atoms with Gasteiger partial charge in [0.05, 0.1) is 18.1 Å². The van der Waals surface area contributed by atoms with Crippen LogP contribution in [0.4, 0.5) is 10.5 Å². The summed E-state index contributed by atoms with van der Waals surface area (Å²) in [7, 11) is 0. The van der Waals surface area contributed by atoms with Gasteiger partial charge in [0.2, 0.25) is 5.91 Å². The third kappa shape index (κ3) is 4.87. The zero-order chi connectivity index (χ0) is 20.9. The summed E-state index contributed by atoms with van der Waals surface area (Å²) >= 11 is 0.903. The van der Waals surface area contributed by atoms with Crippen LogP contribution in [-0.2, 0) is 14.3 Å². The average molecular weight is 430 g/mol. The number of morpholine rings is 1. The van der Waals surface area contributed by atoms with E-state index in [-0.39, 0.29) is 23.6 Å². The van der Waals surface area contributed by atoms with E-state index in [9.17, 15) is 14.4 Å². The van der Waals surface area contributed by atoms with Crippen molar-refractivity contribution in [3.05, 3.63) is 34.7 Å². The van der Waals surface area contributed by atoms with Crippen LogP contribution in [0.1, 0.15) is 31.2 Å². The molecule has 0 atom stereocenters. The van der Waals surface area contributed by atoms with E-state index in [1.54, 1.807) is 11.0 Å². The minimum atomic E-state index is -0.384. The summed E-state index contributed by atoms with van der Waals surface area (Å²) in [6, 6.07) is 7.93. The number of thioether (sulfide) groups is 1. The molecule has 7 nitrogen and oxygen atoms in total. The minimum absolute atomic E-state index is 0.143. The number of imide groups is 1. The molecule has 0 saturated carbocycles. The standard InChI is InChI=1S/C22H27N3O4S/c26-20(24-9-3-1-2-4-10-24)16-25-21(27)19(30-22(25)28)15-17-5-7-18(8-6-17)23-11-13-29-14-12-23/h5-8,15H,1-4,9-14,16H2. The second kappa shape index (κ2) is 9.66. The van der Waals surface area contributed by atoms with Gasteiger partial charge in [-0.1, -0.05) is 25.0 Å². The summed E-state index contributed by atoms with van der Waals surface area (Å²) in [6.07, 6.45) is 5.93. The summed E-state index contributed by atoms with van der Waals surface area (Å²) in [5, 5.41) is -0.376. The molecular formula is C22H27N3O4S. The van der Waals surface area contributed by atoms with Gasteiger partial charge < -0.3 is 14.5 Å². The third-order valence-corrected chi connectivity index (χ3v) is 6.60. The number of hydrogen-bond acceptors (Lipinski definition) is 6. The molecule has 3 aliphatic heterocycles. The molecule has 30 heavy (non-hydrogen) atoms. The zero-order valence-corrected chi connectivity index (χ0v) is 17.9. The number of nitrogens with zero attached hydrogens (tertiary/aromatic N) is 3. The topological polar surface area (TPSA) is 70.2 Å². The number of ether oxygens (including phenoxy) is 1. The van der Waals surface area contributed by atoms with Crippen molar-refractivity contribution in [1.29, 1.82) is 0 Å². The molecule has 3 saturated heterocycles. The molecule has 3 fully saturated rings. The molecule has 1 aromatic rings. The van der Waals surface area contributed by atoms with Crippen LogP contribution in [0.3, 0.4) is 0 Å². The average Bonchev–Trinajstić information content (AvgIpc) is 2.97. The van der Waals surface area contributed by atoms with Gasteiger partial charge in [-0.05, 0) is 48.4 Å². The van der Waals surface area contributed by atoms with Gasteiger partial charge in [-0.15, -0.1) is 0 Å². The Morgan fingerprint density at radius 2 is 1.63 bits per heavy atom. The number of carbonyl (C=O) groups is 3. The SMILES string of the molecule is O=C(CN1C(=O)SC(=Cc2ccc(N3CCOCC3)cc2)C1=O)N1CCCCCC1. The van der Waals surface area contributed by atoms with Crippen LogP contribution >= 0.6 is 11.8 Å². The molecule has 0 aliphatic carbocycles. The van der Waals surface area contributed by atoms with Crippen molar-refractivity contribution in [1.82, 2.24) is 9.80 Å². The number of likely N-dealkylation sites (tertiary alicyclic amines) is 1. The molecule has 0 spiro atoms. The highest BCUT2D eigenvalue weighted by atomic mass is 32.2. The quantitative estimate of drug-likeness (QED) is 0.686. The van der Waals surface area contributed by atoms with E-state index in [1.807, 2.05) is 24.3 Å². The van der Waals surface area contributed by atoms with Crippen LogP contribution < -0.4 is 4.90 Å². The molecule has 0 bridgehead atoms. The van der Waals surface area contributed by atoms with E-state index in [0.29, 0.717) is 18.0 Å². The van der Waals surface area contributed by atoms with Crippen molar-refractivity contribution in [2.45, 2.75) is 25.7 Å². The Bertz CT molecular complexity index is 825. The van der Waals surface area contributed by atoms with Crippen molar-refractivity contribution in [3.8, 4) is 0 Å². The van der Waals surface area contributed by atoms with E-state index in [4.69, 9.17) is 4.74 Å². The van der Waals surface area contributed by atoms with Gasteiger partial charge in [0, 0.05) is 31.9 Å². The van der Waals surface area contributed by atoms with Crippen LogP contribution in [0.25, 0.3) is 6.08 Å². The Balaban J connectivity index is 1.40. The van der Waals surface area contributed by atoms with Crippen LogP contribution in [0.5, 0.6) is 0 Å². The van der Waals surface area contributed by atoms with Gasteiger partial charge in [0.15, 0.2) is 0 Å². The second-order valence-corrected chi connectivity index (χ2v) is 8.75. The first-order valence-electron chi connectivity index (χ1n) is 10.6. The number of rotatable bonds is 4. The van der Waals surface area contributed by atoms with Gasteiger partial charge in [-0.3, -0.25) is 19.3 Å². The second-order valence-electron chi connectivity index (χ2n) is 7.75. The maximum Gasteiger partial charge on any atom is 0.294 e. The summed E-state index contributed by atoms with van der Waals surface area (Å²) < 4.78 is 5.38. The molecule has 3 amide bonds. The summed E-state index contributed by atoms with van der Waals surface area (Å²) in [6.45, 7) is 4.43. The van der Waals surface area contributed by atoms with Crippen molar-refractivity contribution < 1.29 is 19.1 Å². The summed E-state index contributed by atoms with van der Waals surface area (Å²) in [5.74, 6) is -0.527. The first-order chi connectivity index (χ1) is 14.6. The number of benzene rings is 1. The maximum absolute atomic E-state index is 12.7. The molecule has 160 valence electrons. The summed E-state index contributed by atoms with van der Waals surface area (Å²) in [4.78, 5) is 43.2. The van der Waals surface area contributed by atoms with Crippen LogP contribution in [-0.4, -0.2) is 72.8 Å². The molecule has 0 radical (unpaired) electrons. The highest BCUT2D eigenvalue weighted by Crippen LogP contribution is 2.32. The van der Waals surface area contributed by atoms with E-state index in [2.05, 4.69) is 4.90 Å². The van der Waals surface area contributed by atoms with Crippen LogP contribution in [0.15, 0.2) is 29.2 Å². The number of amides is 3. The lowest BCUT2D eigenvalue weighted by Gasteiger charge is -2.28. The monoisotopic (exact) mass is 429 g/mol. The van der Waals surface area contributed by atoms with E-state index < -0.39 is 0 Å². The van der Waals surface area contributed by atoms with E-state index in [1.165, 1.54) is 0 Å². The first-order valence-corrected chi connectivity index (χ1v) is 11.4. The Kier molecular flexibility index (Phi) is 6.74. The Morgan fingerprint density at radius 3 is 2.30 bits per heavy atom. The normalized spacial score (nSPS) is 22.0. The Hall–Kier alpha value is -2.32. The van der Waals surface area contributed by atoms with Crippen molar-refractivity contribution in [2.75, 3.05) is 50.8 Å². The molecule has 4 rings (SSSR count). The predicted octanol–water partition coefficient (Wildman–Crippen LogP) is 2.96. The lowest BCUT2D eigenvalue weighted by molar-refractivity contribution is -0.135. The fourth-order valence-electron chi connectivity index (χ4n) is 3.95. The lowest BCUT2D eigenvalue weighted by atomic mass is 10.1. The molecule has 1 aromatic carbocycles. The molecular weight excluding hydrogens is 402 g/mol. The lowest BCUT2D eigenvalue weighted by Crippen LogP contribution is -2.42. The fraction of sp³-hybridized carbons (Fsp3) is 0.500. The predicted molar refractivity (Wildman–Crippen MR) is 117 cm³/mol. The molecule has 0 aromatic heterocycles. The van der Waals surface area contributed by atoms with E-state index in [0.717, 1.165) is 79.9 Å². The zero-order valence-electron chi connectivity index (χ0n) is 17.0. The van der Waals surface area contributed by atoms with Crippen LogP contribution in [0, 0.1) is 0 Å². The molecule has 0 unspecified atom stereocenters. The largest absolute Gasteiger partial charge is 0.378 e. The molecule has 8 heteroatoms. The van der Waals surface area contributed by atoms with Gasteiger partial charge in [-0.2, -0.15) is 0 Å². The summed E-state index contributed by atoms with van der Waals surface area (Å²) in [5.41, 5.74) is 1.97. The number of anilines is 1. The van der Waals surface area contributed by atoms with Crippen LogP contribution in [0.2, 0.25) is 0 Å². The number of carbonyl (C=O) groups excluding carboxylic acids is 3. The van der Waals surface area contributed by atoms with Gasteiger partial charge >= 0.3 is 0 Å². The third-order valence-electron chi connectivity index (χ3n) is 5.69. The highest BCUT2D eigenvalue weighted by molar-refractivity contribution is 8.18. The fourth-order valence-corrected chi connectivity index (χ4v) is 4.78. The highest BCUT2D eigenvalue weighted by Gasteiger charge is 2.37. The van der Waals surface area contributed by atoms with E-state index >= 15 is 0 Å². The van der Waals surface area contributed by atoms with Gasteiger partial charge in [-0.25, -0.2) is 0 Å². The minimum Gasteiger partial charge on any atom is -0.378 e. The van der Waals surface area contributed by atoms with Crippen molar-refractivity contribution >= 4 is 40.6 Å². The van der Waals surface area contributed by atoms with Crippen molar-refractivity contribution in [3.63, 3.8) is 0 Å². The molecule has 3 aliphatic rings. The Labute approximate surface area is 181 Å². The Morgan fingerprint density at radius 1 is 0.967 bits per heavy atom.